The van der Waals surface area contributed by atoms with Gasteiger partial charge in [0.15, 0.2) is 0 Å². The fraction of sp³-hybridized carbons (Fsp3) is 0.357. The van der Waals surface area contributed by atoms with Gasteiger partial charge in [0.05, 0.1) is 32.3 Å². The van der Waals surface area contributed by atoms with Crippen LogP contribution in [0.5, 0.6) is 5.75 Å². The first-order chi connectivity index (χ1) is 10.2. The van der Waals surface area contributed by atoms with Gasteiger partial charge >= 0.3 is 0 Å². The smallest absolute Gasteiger partial charge is 0.270 e. The summed E-state index contributed by atoms with van der Waals surface area (Å²) in [6.45, 7) is 1.66. The van der Waals surface area contributed by atoms with Gasteiger partial charge in [-0.2, -0.15) is 0 Å². The maximum Gasteiger partial charge on any atom is 0.270 e. The molecule has 0 spiro atoms. The lowest BCUT2D eigenvalue weighted by atomic mass is 10.3. The van der Waals surface area contributed by atoms with Gasteiger partial charge in [0, 0.05) is 32.1 Å². The van der Waals surface area contributed by atoms with Crippen LogP contribution in [0.2, 0.25) is 0 Å². The number of ether oxygens (including phenoxy) is 2. The number of imidazole rings is 1. The van der Waals surface area contributed by atoms with Crippen molar-refractivity contribution < 1.29 is 14.3 Å². The van der Waals surface area contributed by atoms with Crippen LogP contribution >= 0.6 is 0 Å². The molecule has 7 heteroatoms. The Balaban J connectivity index is 1.96. The second kappa shape index (κ2) is 7.39. The van der Waals surface area contributed by atoms with Crippen molar-refractivity contribution >= 4 is 5.91 Å². The molecule has 0 aliphatic carbocycles. The highest BCUT2D eigenvalue weighted by Crippen LogP contribution is 2.10. The minimum absolute atomic E-state index is 0.256. The summed E-state index contributed by atoms with van der Waals surface area (Å²) < 4.78 is 12.0. The standard InChI is InChI=1S/C14H18N4O3/c1-20-6-5-18-10-15-8-11(18)9-17-14(19)13-7-12(21-2)3-4-16-13/h3-4,7-8,10H,5-6,9H2,1-2H3,(H,17,19). The predicted octanol–water partition coefficient (Wildman–Crippen LogP) is 0.863. The van der Waals surface area contributed by atoms with Crippen LogP contribution in [0.1, 0.15) is 16.2 Å². The van der Waals surface area contributed by atoms with Crippen LogP contribution in [0, 0.1) is 0 Å². The van der Waals surface area contributed by atoms with Gasteiger partial charge < -0.3 is 19.4 Å². The fourth-order valence-corrected chi connectivity index (χ4v) is 1.81. The number of carbonyl (C=O) groups excluding carboxylic acids is 1. The third kappa shape index (κ3) is 4.03. The number of carbonyl (C=O) groups is 1. The summed E-state index contributed by atoms with van der Waals surface area (Å²) in [5.41, 5.74) is 1.22. The minimum atomic E-state index is -0.256. The summed E-state index contributed by atoms with van der Waals surface area (Å²) in [5, 5.41) is 2.81. The largest absolute Gasteiger partial charge is 0.497 e. The van der Waals surface area contributed by atoms with Crippen LogP contribution in [0.4, 0.5) is 0 Å². The van der Waals surface area contributed by atoms with E-state index in [4.69, 9.17) is 9.47 Å². The van der Waals surface area contributed by atoms with Crippen molar-refractivity contribution in [2.24, 2.45) is 0 Å². The van der Waals surface area contributed by atoms with Crippen molar-refractivity contribution in [3.05, 3.63) is 42.2 Å². The minimum Gasteiger partial charge on any atom is -0.497 e. The van der Waals surface area contributed by atoms with E-state index in [1.54, 1.807) is 38.9 Å². The molecule has 2 aromatic heterocycles. The number of aromatic nitrogens is 3. The molecule has 0 unspecified atom stereocenters. The highest BCUT2D eigenvalue weighted by atomic mass is 16.5. The summed E-state index contributed by atoms with van der Waals surface area (Å²) in [6, 6.07) is 3.29. The monoisotopic (exact) mass is 290 g/mol. The van der Waals surface area contributed by atoms with Crippen molar-refractivity contribution in [3.8, 4) is 5.75 Å². The third-order valence-electron chi connectivity index (χ3n) is 2.96. The van der Waals surface area contributed by atoms with Crippen LogP contribution in [-0.4, -0.2) is 41.3 Å². The number of hydrogen-bond donors (Lipinski definition) is 1. The van der Waals surface area contributed by atoms with Gasteiger partial charge in [-0.15, -0.1) is 0 Å². The number of amides is 1. The normalized spacial score (nSPS) is 10.4. The van der Waals surface area contributed by atoms with E-state index < -0.39 is 0 Å². The number of methoxy groups -OCH3 is 2. The summed E-state index contributed by atoms with van der Waals surface area (Å²) >= 11 is 0. The number of rotatable bonds is 7. The fourth-order valence-electron chi connectivity index (χ4n) is 1.81. The molecule has 0 aromatic carbocycles. The van der Waals surface area contributed by atoms with Crippen LogP contribution < -0.4 is 10.1 Å². The van der Waals surface area contributed by atoms with Crippen molar-refractivity contribution in [1.82, 2.24) is 19.9 Å². The van der Waals surface area contributed by atoms with E-state index in [0.717, 1.165) is 5.69 Å². The molecule has 2 rings (SSSR count). The van der Waals surface area contributed by atoms with E-state index in [-0.39, 0.29) is 5.91 Å². The van der Waals surface area contributed by atoms with Gasteiger partial charge in [0.2, 0.25) is 0 Å². The lowest BCUT2D eigenvalue weighted by Gasteiger charge is -2.09. The van der Waals surface area contributed by atoms with Gasteiger partial charge in [-0.3, -0.25) is 9.78 Å². The van der Waals surface area contributed by atoms with E-state index in [2.05, 4.69) is 15.3 Å². The van der Waals surface area contributed by atoms with E-state index in [1.807, 2.05) is 4.57 Å². The molecule has 1 amide bonds. The number of nitrogens with one attached hydrogen (secondary N) is 1. The highest BCUT2D eigenvalue weighted by Gasteiger charge is 2.09. The molecule has 7 nitrogen and oxygen atoms in total. The molecule has 0 aliphatic heterocycles. The zero-order valence-electron chi connectivity index (χ0n) is 12.1. The number of pyridine rings is 1. The van der Waals surface area contributed by atoms with Crippen LogP contribution in [-0.2, 0) is 17.8 Å². The molecule has 0 saturated carbocycles. The van der Waals surface area contributed by atoms with Gasteiger partial charge in [-0.1, -0.05) is 0 Å². The Hall–Kier alpha value is -2.41. The molecular formula is C14H18N4O3. The van der Waals surface area contributed by atoms with E-state index >= 15 is 0 Å². The van der Waals surface area contributed by atoms with Crippen LogP contribution in [0.25, 0.3) is 0 Å². The maximum absolute atomic E-state index is 12.0. The van der Waals surface area contributed by atoms with Crippen molar-refractivity contribution in [3.63, 3.8) is 0 Å². The lowest BCUT2D eigenvalue weighted by Crippen LogP contribution is -2.25. The number of hydrogen-bond acceptors (Lipinski definition) is 5. The van der Waals surface area contributed by atoms with E-state index in [9.17, 15) is 4.79 Å². The Morgan fingerprint density at radius 3 is 3.05 bits per heavy atom. The average Bonchev–Trinajstić information content (AvgIpc) is 2.98. The molecule has 1 N–H and O–H groups in total. The first-order valence-corrected chi connectivity index (χ1v) is 6.50. The predicted molar refractivity (Wildman–Crippen MR) is 76.1 cm³/mol. The van der Waals surface area contributed by atoms with E-state index in [0.29, 0.717) is 31.1 Å². The summed E-state index contributed by atoms with van der Waals surface area (Å²) in [4.78, 5) is 20.1. The highest BCUT2D eigenvalue weighted by molar-refractivity contribution is 5.92. The van der Waals surface area contributed by atoms with Gasteiger partial charge in [0.25, 0.3) is 5.91 Å². The van der Waals surface area contributed by atoms with E-state index in [1.165, 1.54) is 6.20 Å². The Labute approximate surface area is 122 Å². The maximum atomic E-state index is 12.0. The summed E-state index contributed by atoms with van der Waals surface area (Å²) in [5.74, 6) is 0.341. The quantitative estimate of drug-likeness (QED) is 0.818. The molecule has 0 radical (unpaired) electrons. The summed E-state index contributed by atoms with van der Waals surface area (Å²) in [7, 11) is 3.19. The van der Waals surface area contributed by atoms with Crippen molar-refractivity contribution in [2.75, 3.05) is 20.8 Å². The molecule has 21 heavy (non-hydrogen) atoms. The van der Waals surface area contributed by atoms with Crippen molar-refractivity contribution in [2.45, 2.75) is 13.1 Å². The molecule has 0 bridgehead atoms. The zero-order chi connectivity index (χ0) is 15.1. The topological polar surface area (TPSA) is 78.3 Å². The molecule has 0 saturated heterocycles. The molecule has 2 aromatic rings. The zero-order valence-corrected chi connectivity index (χ0v) is 12.1. The Morgan fingerprint density at radius 1 is 1.43 bits per heavy atom. The Kier molecular flexibility index (Phi) is 5.28. The first kappa shape index (κ1) is 15.0. The molecule has 0 aliphatic rings. The van der Waals surface area contributed by atoms with Crippen LogP contribution in [0.3, 0.4) is 0 Å². The number of nitrogens with zero attached hydrogens (tertiary/aromatic N) is 3. The van der Waals surface area contributed by atoms with Crippen LogP contribution in [0.15, 0.2) is 30.9 Å². The molecule has 112 valence electrons. The van der Waals surface area contributed by atoms with Gasteiger partial charge in [-0.25, -0.2) is 4.98 Å². The lowest BCUT2D eigenvalue weighted by molar-refractivity contribution is 0.0944. The second-order valence-electron chi connectivity index (χ2n) is 4.33. The van der Waals surface area contributed by atoms with Gasteiger partial charge in [0.1, 0.15) is 11.4 Å². The Morgan fingerprint density at radius 2 is 2.29 bits per heavy atom. The third-order valence-corrected chi connectivity index (χ3v) is 2.96. The molecule has 2 heterocycles. The summed E-state index contributed by atoms with van der Waals surface area (Å²) in [6.07, 6.45) is 4.97. The molecule has 0 fully saturated rings. The SMILES string of the molecule is COCCn1cncc1CNC(=O)c1cc(OC)ccn1. The molecular weight excluding hydrogens is 272 g/mol. The van der Waals surface area contributed by atoms with Crippen molar-refractivity contribution in [1.29, 1.82) is 0 Å². The Bertz CT molecular complexity index is 597. The second-order valence-corrected chi connectivity index (χ2v) is 4.33. The van der Waals surface area contributed by atoms with Gasteiger partial charge in [-0.05, 0) is 6.07 Å². The molecule has 0 atom stereocenters. The first-order valence-electron chi connectivity index (χ1n) is 6.50. The average molecular weight is 290 g/mol.